The van der Waals surface area contributed by atoms with Gasteiger partial charge in [0.25, 0.3) is 0 Å². The van der Waals surface area contributed by atoms with Gasteiger partial charge in [-0.3, -0.25) is 9.59 Å². The lowest BCUT2D eigenvalue weighted by molar-refractivity contribution is -0.137. The van der Waals surface area contributed by atoms with Crippen molar-refractivity contribution in [3.05, 3.63) is 0 Å². The highest BCUT2D eigenvalue weighted by Crippen LogP contribution is 2.00. The molecule has 0 aliphatic heterocycles. The molecule has 0 aliphatic carbocycles. The number of carboxylic acid groups (broad SMARTS) is 1. The van der Waals surface area contributed by atoms with E-state index in [-0.39, 0.29) is 18.4 Å². The van der Waals surface area contributed by atoms with Crippen LogP contribution in [0.25, 0.3) is 0 Å². The Hall–Kier alpha value is -1.10. The Balaban J connectivity index is 3.50. The van der Waals surface area contributed by atoms with Crippen LogP contribution in [-0.2, 0) is 9.59 Å². The number of amides is 1. The number of hydrogen-bond acceptors (Lipinski definition) is 3. The van der Waals surface area contributed by atoms with E-state index in [4.69, 9.17) is 5.11 Å². The minimum Gasteiger partial charge on any atom is -0.481 e. The molecule has 5 heteroatoms. The first kappa shape index (κ1) is 14.9. The van der Waals surface area contributed by atoms with Crippen molar-refractivity contribution in [3.63, 3.8) is 0 Å². The van der Waals surface area contributed by atoms with Gasteiger partial charge in [-0.1, -0.05) is 6.92 Å². The third-order valence-electron chi connectivity index (χ3n) is 2.15. The highest BCUT2D eigenvalue weighted by molar-refractivity contribution is 5.78. The van der Waals surface area contributed by atoms with Gasteiger partial charge >= 0.3 is 5.97 Å². The predicted molar refractivity (Wildman–Crippen MR) is 62.3 cm³/mol. The van der Waals surface area contributed by atoms with Crippen molar-refractivity contribution < 1.29 is 14.7 Å². The Labute approximate surface area is 96.6 Å². The maximum Gasteiger partial charge on any atom is 0.303 e. The molecule has 0 bridgehead atoms. The van der Waals surface area contributed by atoms with E-state index in [1.807, 2.05) is 13.8 Å². The lowest BCUT2D eigenvalue weighted by Gasteiger charge is -2.13. The van der Waals surface area contributed by atoms with E-state index >= 15 is 0 Å². The smallest absolute Gasteiger partial charge is 0.303 e. The summed E-state index contributed by atoms with van der Waals surface area (Å²) >= 11 is 0. The molecule has 3 N–H and O–H groups in total. The Kier molecular flexibility index (Phi) is 8.52. The second-order valence-electron chi connectivity index (χ2n) is 3.93. The molecule has 0 heterocycles. The number of carboxylic acids is 1. The van der Waals surface area contributed by atoms with Gasteiger partial charge in [-0.2, -0.15) is 0 Å². The maximum atomic E-state index is 11.3. The Morgan fingerprint density at radius 2 is 2.06 bits per heavy atom. The summed E-state index contributed by atoms with van der Waals surface area (Å²) in [5.41, 5.74) is 0. The summed E-state index contributed by atoms with van der Waals surface area (Å²) in [6, 6.07) is 0.0373. The highest BCUT2D eigenvalue weighted by atomic mass is 16.4. The van der Waals surface area contributed by atoms with Gasteiger partial charge in [0.2, 0.25) is 5.91 Å². The van der Waals surface area contributed by atoms with E-state index < -0.39 is 5.97 Å². The quantitative estimate of drug-likeness (QED) is 0.511. The maximum absolute atomic E-state index is 11.3. The van der Waals surface area contributed by atoms with Crippen molar-refractivity contribution in [2.24, 2.45) is 0 Å². The van der Waals surface area contributed by atoms with Crippen LogP contribution in [0.3, 0.4) is 0 Å². The fourth-order valence-electron chi connectivity index (χ4n) is 1.34. The molecule has 0 saturated heterocycles. The summed E-state index contributed by atoms with van der Waals surface area (Å²) in [6.07, 6.45) is 2.46. The summed E-state index contributed by atoms with van der Waals surface area (Å²) in [5.74, 6) is -0.820. The Morgan fingerprint density at radius 1 is 1.38 bits per heavy atom. The van der Waals surface area contributed by atoms with Crippen LogP contribution in [0.2, 0.25) is 0 Å². The minimum atomic E-state index is -0.789. The zero-order valence-electron chi connectivity index (χ0n) is 10.1. The van der Waals surface area contributed by atoms with Crippen molar-refractivity contribution in [1.82, 2.24) is 10.6 Å². The largest absolute Gasteiger partial charge is 0.481 e. The van der Waals surface area contributed by atoms with Gasteiger partial charge in [0.05, 0.1) is 6.54 Å². The van der Waals surface area contributed by atoms with E-state index in [1.165, 1.54) is 0 Å². The molecule has 1 atom stereocenters. The molecule has 0 spiro atoms. The number of hydrogen-bond donors (Lipinski definition) is 3. The van der Waals surface area contributed by atoms with Gasteiger partial charge in [-0.15, -0.1) is 0 Å². The van der Waals surface area contributed by atoms with Gasteiger partial charge in [0.1, 0.15) is 0 Å². The number of nitrogens with one attached hydrogen (secondary N) is 2. The molecule has 0 aromatic heterocycles. The number of carbonyl (C=O) groups excluding carboxylic acids is 1. The zero-order chi connectivity index (χ0) is 12.4. The Bertz CT molecular complexity index is 219. The Morgan fingerprint density at radius 3 is 2.62 bits per heavy atom. The zero-order valence-corrected chi connectivity index (χ0v) is 10.1. The van der Waals surface area contributed by atoms with Gasteiger partial charge in [0, 0.05) is 12.5 Å². The molecule has 0 fully saturated rings. The molecule has 0 aromatic carbocycles. The van der Waals surface area contributed by atoms with Crippen LogP contribution >= 0.6 is 0 Å². The van der Waals surface area contributed by atoms with Crippen LogP contribution in [0, 0.1) is 0 Å². The molecule has 0 aliphatic rings. The molecular weight excluding hydrogens is 208 g/mol. The predicted octanol–water partition coefficient (Wildman–Crippen LogP) is 0.746. The van der Waals surface area contributed by atoms with Gasteiger partial charge in [-0.25, -0.2) is 0 Å². The number of aliphatic carboxylic acids is 1. The molecule has 0 radical (unpaired) electrons. The molecule has 5 nitrogen and oxygen atoms in total. The van der Waals surface area contributed by atoms with E-state index in [2.05, 4.69) is 10.6 Å². The number of carbonyl (C=O) groups is 2. The average molecular weight is 230 g/mol. The standard InChI is InChI=1S/C11H22N2O3/c1-3-7-12-8-10(14)13-9(2)5-4-6-11(15)16/h9,12H,3-8H2,1-2H3,(H,13,14)(H,15,16). The topological polar surface area (TPSA) is 78.4 Å². The van der Waals surface area contributed by atoms with Gasteiger partial charge in [0.15, 0.2) is 0 Å². The summed E-state index contributed by atoms with van der Waals surface area (Å²) in [7, 11) is 0. The summed E-state index contributed by atoms with van der Waals surface area (Å²) in [6.45, 7) is 5.09. The van der Waals surface area contributed by atoms with Crippen molar-refractivity contribution in [2.45, 2.75) is 45.6 Å². The highest BCUT2D eigenvalue weighted by Gasteiger charge is 2.07. The van der Waals surface area contributed by atoms with Crippen LogP contribution in [0.1, 0.15) is 39.5 Å². The fourth-order valence-corrected chi connectivity index (χ4v) is 1.34. The second kappa shape index (κ2) is 9.15. The van der Waals surface area contributed by atoms with E-state index in [0.717, 1.165) is 13.0 Å². The summed E-state index contributed by atoms with van der Waals surface area (Å²) < 4.78 is 0. The fraction of sp³-hybridized carbons (Fsp3) is 0.818. The minimum absolute atomic E-state index is 0.0312. The molecule has 0 aromatic rings. The van der Waals surface area contributed by atoms with Crippen molar-refractivity contribution in [2.75, 3.05) is 13.1 Å². The van der Waals surface area contributed by atoms with Gasteiger partial charge < -0.3 is 15.7 Å². The lowest BCUT2D eigenvalue weighted by atomic mass is 10.1. The third-order valence-corrected chi connectivity index (χ3v) is 2.15. The summed E-state index contributed by atoms with van der Waals surface area (Å²) in [4.78, 5) is 21.6. The normalized spacial score (nSPS) is 12.1. The molecule has 1 unspecified atom stereocenters. The van der Waals surface area contributed by atoms with Crippen molar-refractivity contribution in [1.29, 1.82) is 0 Å². The first-order chi connectivity index (χ1) is 7.56. The van der Waals surface area contributed by atoms with Crippen LogP contribution in [0.15, 0.2) is 0 Å². The molecule has 94 valence electrons. The van der Waals surface area contributed by atoms with Gasteiger partial charge in [-0.05, 0) is 32.7 Å². The van der Waals surface area contributed by atoms with Crippen LogP contribution in [0.5, 0.6) is 0 Å². The van der Waals surface area contributed by atoms with E-state index in [0.29, 0.717) is 19.4 Å². The summed E-state index contributed by atoms with van der Waals surface area (Å²) in [5, 5.41) is 14.3. The van der Waals surface area contributed by atoms with E-state index in [1.54, 1.807) is 0 Å². The first-order valence-corrected chi connectivity index (χ1v) is 5.78. The lowest BCUT2D eigenvalue weighted by Crippen LogP contribution is -2.39. The van der Waals surface area contributed by atoms with E-state index in [9.17, 15) is 9.59 Å². The molecule has 1 amide bonds. The average Bonchev–Trinajstić information content (AvgIpc) is 2.17. The number of rotatable bonds is 9. The monoisotopic (exact) mass is 230 g/mol. The van der Waals surface area contributed by atoms with Crippen molar-refractivity contribution in [3.8, 4) is 0 Å². The molecular formula is C11H22N2O3. The third kappa shape index (κ3) is 9.45. The SMILES string of the molecule is CCCNCC(=O)NC(C)CCCC(=O)O. The first-order valence-electron chi connectivity index (χ1n) is 5.78. The second-order valence-corrected chi connectivity index (χ2v) is 3.93. The van der Waals surface area contributed by atoms with Crippen LogP contribution in [0.4, 0.5) is 0 Å². The van der Waals surface area contributed by atoms with Crippen LogP contribution in [-0.4, -0.2) is 36.1 Å². The molecule has 0 rings (SSSR count). The van der Waals surface area contributed by atoms with Crippen LogP contribution < -0.4 is 10.6 Å². The van der Waals surface area contributed by atoms with Crippen molar-refractivity contribution >= 4 is 11.9 Å². The molecule has 0 saturated carbocycles. The molecule has 16 heavy (non-hydrogen) atoms.